The molecule has 2 unspecified atom stereocenters. The van der Waals surface area contributed by atoms with E-state index < -0.39 is 5.60 Å². The Morgan fingerprint density at radius 3 is 2.65 bits per heavy atom. The second-order valence-electron chi connectivity index (χ2n) is 7.10. The van der Waals surface area contributed by atoms with Crippen molar-refractivity contribution in [1.82, 2.24) is 10.2 Å². The highest BCUT2D eigenvalue weighted by atomic mass is 16.3. The van der Waals surface area contributed by atoms with Crippen LogP contribution in [0.2, 0.25) is 0 Å². The molecule has 0 aromatic heterocycles. The first-order valence-corrected chi connectivity index (χ1v) is 8.02. The number of β-amino-alcohol motifs (C(OH)–C–C–N with tert-alkyl or cyclic N) is 1. The van der Waals surface area contributed by atoms with Crippen LogP contribution < -0.4 is 5.32 Å². The standard InChI is InChI=1S/C16H32N2O2/c1-13(2)7-5-8-14(3)17-15(19)11-18-10-6-9-16(4,20)12-18/h13-14,20H,5-12H2,1-4H3,(H,17,19). The van der Waals surface area contributed by atoms with Crippen molar-refractivity contribution in [2.45, 2.75) is 71.4 Å². The van der Waals surface area contributed by atoms with E-state index >= 15 is 0 Å². The number of rotatable bonds is 7. The third-order valence-electron chi connectivity index (χ3n) is 3.95. The Kier molecular flexibility index (Phi) is 6.96. The van der Waals surface area contributed by atoms with Crippen LogP contribution in [0.1, 0.15) is 59.8 Å². The summed E-state index contributed by atoms with van der Waals surface area (Å²) in [6.45, 7) is 10.3. The molecule has 0 aromatic carbocycles. The molecule has 0 aliphatic carbocycles. The summed E-state index contributed by atoms with van der Waals surface area (Å²) in [5, 5.41) is 13.1. The Morgan fingerprint density at radius 1 is 1.35 bits per heavy atom. The molecule has 4 nitrogen and oxygen atoms in total. The van der Waals surface area contributed by atoms with Gasteiger partial charge >= 0.3 is 0 Å². The quantitative estimate of drug-likeness (QED) is 0.753. The molecule has 2 atom stereocenters. The highest BCUT2D eigenvalue weighted by Gasteiger charge is 2.29. The van der Waals surface area contributed by atoms with Gasteiger partial charge in [-0.1, -0.05) is 26.7 Å². The molecule has 1 heterocycles. The Morgan fingerprint density at radius 2 is 2.05 bits per heavy atom. The zero-order chi connectivity index (χ0) is 15.2. The molecule has 0 radical (unpaired) electrons. The number of hydrogen-bond acceptors (Lipinski definition) is 3. The van der Waals surface area contributed by atoms with Gasteiger partial charge in [0, 0.05) is 12.6 Å². The molecule has 118 valence electrons. The lowest BCUT2D eigenvalue weighted by atomic mass is 9.95. The molecule has 0 spiro atoms. The zero-order valence-corrected chi connectivity index (χ0v) is 13.6. The van der Waals surface area contributed by atoms with E-state index in [0.717, 1.165) is 38.1 Å². The molecule has 0 bridgehead atoms. The molecule has 2 N–H and O–H groups in total. The maximum Gasteiger partial charge on any atom is 0.234 e. The van der Waals surface area contributed by atoms with E-state index in [0.29, 0.717) is 13.1 Å². The summed E-state index contributed by atoms with van der Waals surface area (Å²) >= 11 is 0. The van der Waals surface area contributed by atoms with Gasteiger partial charge in [0.2, 0.25) is 5.91 Å². The number of amides is 1. The van der Waals surface area contributed by atoms with Crippen LogP contribution in [0, 0.1) is 5.92 Å². The second-order valence-corrected chi connectivity index (χ2v) is 7.10. The highest BCUT2D eigenvalue weighted by Crippen LogP contribution is 2.19. The summed E-state index contributed by atoms with van der Waals surface area (Å²) in [6.07, 6.45) is 5.22. The molecule has 1 saturated heterocycles. The number of nitrogens with zero attached hydrogens (tertiary/aromatic N) is 1. The summed E-state index contributed by atoms with van der Waals surface area (Å²) in [5.74, 6) is 0.813. The summed E-state index contributed by atoms with van der Waals surface area (Å²) in [7, 11) is 0. The van der Waals surface area contributed by atoms with Gasteiger partial charge in [-0.3, -0.25) is 9.69 Å². The fourth-order valence-corrected chi connectivity index (χ4v) is 2.89. The molecule has 0 saturated carbocycles. The summed E-state index contributed by atoms with van der Waals surface area (Å²) in [5.41, 5.74) is -0.637. The highest BCUT2D eigenvalue weighted by molar-refractivity contribution is 5.78. The molecule has 0 aromatic rings. The van der Waals surface area contributed by atoms with Gasteiger partial charge in [0.25, 0.3) is 0 Å². The van der Waals surface area contributed by atoms with Crippen molar-refractivity contribution >= 4 is 5.91 Å². The minimum atomic E-state index is -0.637. The van der Waals surface area contributed by atoms with E-state index in [1.54, 1.807) is 0 Å². The predicted octanol–water partition coefficient (Wildman–Crippen LogP) is 2.16. The van der Waals surface area contributed by atoms with E-state index in [-0.39, 0.29) is 11.9 Å². The van der Waals surface area contributed by atoms with Crippen molar-refractivity contribution in [1.29, 1.82) is 0 Å². The van der Waals surface area contributed by atoms with Crippen molar-refractivity contribution < 1.29 is 9.90 Å². The third kappa shape index (κ3) is 7.25. The van der Waals surface area contributed by atoms with Crippen molar-refractivity contribution in [2.75, 3.05) is 19.6 Å². The van der Waals surface area contributed by atoms with Crippen LogP contribution in [0.5, 0.6) is 0 Å². The van der Waals surface area contributed by atoms with E-state index in [1.807, 2.05) is 6.92 Å². The summed E-state index contributed by atoms with van der Waals surface area (Å²) in [6, 6.07) is 0.242. The van der Waals surface area contributed by atoms with Crippen molar-refractivity contribution in [3.63, 3.8) is 0 Å². The predicted molar refractivity (Wildman–Crippen MR) is 82.6 cm³/mol. The molecule has 4 heteroatoms. The Labute approximate surface area is 123 Å². The van der Waals surface area contributed by atoms with Gasteiger partial charge < -0.3 is 10.4 Å². The van der Waals surface area contributed by atoms with Crippen molar-refractivity contribution in [3.05, 3.63) is 0 Å². The van der Waals surface area contributed by atoms with Gasteiger partial charge in [0.15, 0.2) is 0 Å². The monoisotopic (exact) mass is 284 g/mol. The fourth-order valence-electron chi connectivity index (χ4n) is 2.89. The van der Waals surface area contributed by atoms with E-state index in [1.165, 1.54) is 6.42 Å². The number of hydrogen-bond donors (Lipinski definition) is 2. The SMILES string of the molecule is CC(C)CCCC(C)NC(=O)CN1CCCC(C)(O)C1. The number of piperidine rings is 1. The first-order valence-electron chi connectivity index (χ1n) is 8.02. The second kappa shape index (κ2) is 7.99. The van der Waals surface area contributed by atoms with Crippen LogP contribution in [-0.4, -0.2) is 47.2 Å². The topological polar surface area (TPSA) is 52.6 Å². The van der Waals surface area contributed by atoms with Crippen LogP contribution in [-0.2, 0) is 4.79 Å². The first kappa shape index (κ1) is 17.4. The van der Waals surface area contributed by atoms with Crippen LogP contribution in [0.15, 0.2) is 0 Å². The maximum absolute atomic E-state index is 12.0. The first-order chi connectivity index (χ1) is 9.28. The molecular weight excluding hydrogens is 252 g/mol. The minimum Gasteiger partial charge on any atom is -0.389 e. The Hall–Kier alpha value is -0.610. The van der Waals surface area contributed by atoms with Crippen molar-refractivity contribution in [2.24, 2.45) is 5.92 Å². The normalized spacial score (nSPS) is 25.7. The van der Waals surface area contributed by atoms with Gasteiger partial charge in [0.1, 0.15) is 0 Å². The average Bonchev–Trinajstić information content (AvgIpc) is 2.26. The lowest BCUT2D eigenvalue weighted by Gasteiger charge is -2.36. The number of carbonyl (C=O) groups is 1. The van der Waals surface area contributed by atoms with Gasteiger partial charge in [-0.25, -0.2) is 0 Å². The molecule has 1 aliphatic heterocycles. The zero-order valence-electron chi connectivity index (χ0n) is 13.6. The van der Waals surface area contributed by atoms with E-state index in [2.05, 4.69) is 31.0 Å². The molecule has 1 fully saturated rings. The van der Waals surface area contributed by atoms with Gasteiger partial charge in [0.05, 0.1) is 12.1 Å². The summed E-state index contributed by atoms with van der Waals surface area (Å²) < 4.78 is 0. The van der Waals surface area contributed by atoms with E-state index in [4.69, 9.17) is 0 Å². The van der Waals surface area contributed by atoms with Gasteiger partial charge in [-0.15, -0.1) is 0 Å². The van der Waals surface area contributed by atoms with Crippen LogP contribution in [0.4, 0.5) is 0 Å². The van der Waals surface area contributed by atoms with Crippen LogP contribution in [0.3, 0.4) is 0 Å². The molecule has 1 amide bonds. The lowest BCUT2D eigenvalue weighted by Crippen LogP contribution is -2.50. The molecular formula is C16H32N2O2. The van der Waals surface area contributed by atoms with Gasteiger partial charge in [-0.2, -0.15) is 0 Å². The smallest absolute Gasteiger partial charge is 0.234 e. The molecule has 1 aliphatic rings. The number of carbonyl (C=O) groups excluding carboxylic acids is 1. The minimum absolute atomic E-state index is 0.0831. The molecule has 20 heavy (non-hydrogen) atoms. The van der Waals surface area contributed by atoms with Crippen LogP contribution >= 0.6 is 0 Å². The Balaban J connectivity index is 2.22. The largest absolute Gasteiger partial charge is 0.389 e. The van der Waals surface area contributed by atoms with Crippen LogP contribution in [0.25, 0.3) is 0 Å². The van der Waals surface area contributed by atoms with Gasteiger partial charge in [-0.05, 0) is 45.6 Å². The van der Waals surface area contributed by atoms with Crippen molar-refractivity contribution in [3.8, 4) is 0 Å². The number of aliphatic hydroxyl groups is 1. The third-order valence-corrected chi connectivity index (χ3v) is 3.95. The molecule has 1 rings (SSSR count). The number of nitrogens with one attached hydrogen (secondary N) is 1. The Bertz CT molecular complexity index is 303. The maximum atomic E-state index is 12.0. The summed E-state index contributed by atoms with van der Waals surface area (Å²) in [4.78, 5) is 14.1. The average molecular weight is 284 g/mol. The fraction of sp³-hybridized carbons (Fsp3) is 0.938. The number of likely N-dealkylation sites (tertiary alicyclic amines) is 1. The van der Waals surface area contributed by atoms with E-state index in [9.17, 15) is 9.90 Å². The lowest BCUT2D eigenvalue weighted by molar-refractivity contribution is -0.124.